The molecule has 0 N–H and O–H groups in total. The van der Waals surface area contributed by atoms with E-state index in [1.165, 1.54) is 33.5 Å². The zero-order valence-electron chi connectivity index (χ0n) is 17.5. The lowest BCUT2D eigenvalue weighted by atomic mass is 9.82. The molecule has 0 aliphatic heterocycles. The molecule has 4 aromatic rings. The van der Waals surface area contributed by atoms with Gasteiger partial charge in [0.05, 0.1) is 0 Å². The molecule has 0 atom stereocenters. The number of hydrogen-bond donors (Lipinski definition) is 0. The molecule has 1 aliphatic rings. The zero-order valence-corrected chi connectivity index (χ0v) is 17.5. The van der Waals surface area contributed by atoms with Gasteiger partial charge in [0.15, 0.2) is 0 Å². The van der Waals surface area contributed by atoms with Crippen LogP contribution in [0.2, 0.25) is 0 Å². The standard InChI is InChI=1S/C29H25N/c1-4-21-15-17-25-26-18-16-24(20-28(26)29(2,3)27(25)19-21)30(22-11-7-5-8-12-22)23-13-9-6-10-14-23/h4-20H,1H2,2-3H3. The monoisotopic (exact) mass is 387 g/mol. The van der Waals surface area contributed by atoms with Gasteiger partial charge in [-0.05, 0) is 64.2 Å². The van der Waals surface area contributed by atoms with Gasteiger partial charge in [0.2, 0.25) is 0 Å². The van der Waals surface area contributed by atoms with Crippen LogP contribution in [-0.4, -0.2) is 0 Å². The molecule has 0 unspecified atom stereocenters. The molecule has 30 heavy (non-hydrogen) atoms. The third kappa shape index (κ3) is 2.86. The molecule has 1 aliphatic carbocycles. The molecule has 0 amide bonds. The van der Waals surface area contributed by atoms with Crippen molar-refractivity contribution in [3.05, 3.63) is 120 Å². The van der Waals surface area contributed by atoms with Crippen molar-refractivity contribution >= 4 is 23.1 Å². The van der Waals surface area contributed by atoms with Gasteiger partial charge < -0.3 is 4.90 Å². The first kappa shape index (κ1) is 18.4. The summed E-state index contributed by atoms with van der Waals surface area (Å²) in [7, 11) is 0. The molecule has 1 nitrogen and oxygen atoms in total. The Balaban J connectivity index is 1.69. The molecule has 0 heterocycles. The van der Waals surface area contributed by atoms with Crippen molar-refractivity contribution in [3.8, 4) is 11.1 Å². The van der Waals surface area contributed by atoms with E-state index in [4.69, 9.17) is 0 Å². The average molecular weight is 388 g/mol. The minimum atomic E-state index is -0.0568. The minimum Gasteiger partial charge on any atom is -0.310 e. The molecule has 5 rings (SSSR count). The first-order chi connectivity index (χ1) is 14.6. The van der Waals surface area contributed by atoms with Gasteiger partial charge in [0.25, 0.3) is 0 Å². The van der Waals surface area contributed by atoms with E-state index < -0.39 is 0 Å². The lowest BCUT2D eigenvalue weighted by Gasteiger charge is -2.28. The summed E-state index contributed by atoms with van der Waals surface area (Å²) in [6, 6.07) is 34.7. The van der Waals surface area contributed by atoms with Gasteiger partial charge >= 0.3 is 0 Å². The number of rotatable bonds is 4. The Morgan fingerprint density at radius 3 is 1.73 bits per heavy atom. The van der Waals surface area contributed by atoms with E-state index in [0.29, 0.717) is 0 Å². The molecular weight excluding hydrogens is 362 g/mol. The van der Waals surface area contributed by atoms with Gasteiger partial charge in [-0.25, -0.2) is 0 Å². The number of hydrogen-bond acceptors (Lipinski definition) is 1. The maximum Gasteiger partial charge on any atom is 0.0465 e. The molecule has 4 aromatic carbocycles. The largest absolute Gasteiger partial charge is 0.310 e. The van der Waals surface area contributed by atoms with Gasteiger partial charge in [-0.15, -0.1) is 0 Å². The van der Waals surface area contributed by atoms with Crippen LogP contribution in [0.25, 0.3) is 17.2 Å². The summed E-state index contributed by atoms with van der Waals surface area (Å²) in [5, 5.41) is 0. The van der Waals surface area contributed by atoms with Crippen LogP contribution in [-0.2, 0) is 5.41 Å². The Labute approximate surface area is 178 Å². The number of benzene rings is 4. The van der Waals surface area contributed by atoms with Gasteiger partial charge in [0, 0.05) is 22.5 Å². The molecule has 0 fully saturated rings. The van der Waals surface area contributed by atoms with Crippen LogP contribution in [0.1, 0.15) is 30.5 Å². The first-order valence-electron chi connectivity index (χ1n) is 10.4. The second-order valence-electron chi connectivity index (χ2n) is 8.37. The molecule has 146 valence electrons. The fourth-order valence-corrected chi connectivity index (χ4v) is 4.61. The van der Waals surface area contributed by atoms with E-state index in [-0.39, 0.29) is 5.41 Å². The minimum absolute atomic E-state index is 0.0568. The van der Waals surface area contributed by atoms with Crippen LogP contribution < -0.4 is 4.90 Å². The highest BCUT2D eigenvalue weighted by molar-refractivity contribution is 5.86. The van der Waals surface area contributed by atoms with Crippen molar-refractivity contribution in [2.75, 3.05) is 4.90 Å². The molecule has 0 aromatic heterocycles. The Bertz CT molecular complexity index is 1180. The number of nitrogens with zero attached hydrogens (tertiary/aromatic N) is 1. The Hall–Kier alpha value is -3.58. The van der Waals surface area contributed by atoms with E-state index >= 15 is 0 Å². The second kappa shape index (κ2) is 7.03. The summed E-state index contributed by atoms with van der Waals surface area (Å²) in [6.07, 6.45) is 1.93. The van der Waals surface area contributed by atoms with Crippen LogP contribution >= 0.6 is 0 Å². The fraction of sp³-hybridized carbons (Fsp3) is 0.103. The molecule has 0 radical (unpaired) electrons. The van der Waals surface area contributed by atoms with E-state index in [1.807, 2.05) is 6.08 Å². The van der Waals surface area contributed by atoms with Crippen LogP contribution in [0, 0.1) is 0 Å². The van der Waals surface area contributed by atoms with Crippen molar-refractivity contribution in [2.24, 2.45) is 0 Å². The average Bonchev–Trinajstić information content (AvgIpc) is 3.02. The SMILES string of the molecule is C=Cc1ccc2c(c1)C(C)(C)c1cc(N(c3ccccc3)c3ccccc3)ccc1-2. The highest BCUT2D eigenvalue weighted by Gasteiger charge is 2.36. The topological polar surface area (TPSA) is 3.24 Å². The highest BCUT2D eigenvalue weighted by atomic mass is 15.1. The van der Waals surface area contributed by atoms with Crippen LogP contribution in [0.4, 0.5) is 17.1 Å². The molecule has 0 saturated heterocycles. The third-order valence-electron chi connectivity index (χ3n) is 6.21. The lowest BCUT2D eigenvalue weighted by molar-refractivity contribution is 0.660. The van der Waals surface area contributed by atoms with Crippen LogP contribution in [0.15, 0.2) is 104 Å². The summed E-state index contributed by atoms with van der Waals surface area (Å²) in [5.74, 6) is 0. The summed E-state index contributed by atoms with van der Waals surface area (Å²) >= 11 is 0. The van der Waals surface area contributed by atoms with Gasteiger partial charge in [0.1, 0.15) is 0 Å². The van der Waals surface area contributed by atoms with E-state index in [0.717, 1.165) is 11.4 Å². The zero-order chi connectivity index (χ0) is 20.7. The van der Waals surface area contributed by atoms with E-state index in [9.17, 15) is 0 Å². The molecule has 0 spiro atoms. The van der Waals surface area contributed by atoms with Gasteiger partial charge in [-0.1, -0.05) is 87.2 Å². The van der Waals surface area contributed by atoms with Crippen molar-refractivity contribution in [2.45, 2.75) is 19.3 Å². The summed E-state index contributed by atoms with van der Waals surface area (Å²) in [4.78, 5) is 2.33. The molecule has 0 bridgehead atoms. The second-order valence-corrected chi connectivity index (χ2v) is 8.37. The molecular formula is C29H25N. The molecule has 0 saturated carbocycles. The van der Waals surface area contributed by atoms with Crippen LogP contribution in [0.3, 0.4) is 0 Å². The third-order valence-corrected chi connectivity index (χ3v) is 6.21. The van der Waals surface area contributed by atoms with Crippen molar-refractivity contribution in [3.63, 3.8) is 0 Å². The highest BCUT2D eigenvalue weighted by Crippen LogP contribution is 2.50. The normalized spacial score (nSPS) is 13.4. The van der Waals surface area contributed by atoms with Crippen molar-refractivity contribution < 1.29 is 0 Å². The predicted octanol–water partition coefficient (Wildman–Crippen LogP) is 8.11. The smallest absolute Gasteiger partial charge is 0.0465 e. The van der Waals surface area contributed by atoms with Crippen LogP contribution in [0.5, 0.6) is 0 Å². The van der Waals surface area contributed by atoms with Crippen molar-refractivity contribution in [1.29, 1.82) is 0 Å². The number of anilines is 3. The number of fused-ring (bicyclic) bond motifs is 3. The van der Waals surface area contributed by atoms with E-state index in [1.54, 1.807) is 0 Å². The van der Waals surface area contributed by atoms with Gasteiger partial charge in [-0.3, -0.25) is 0 Å². The predicted molar refractivity (Wildman–Crippen MR) is 129 cm³/mol. The number of para-hydroxylation sites is 2. The summed E-state index contributed by atoms with van der Waals surface area (Å²) in [6.45, 7) is 8.60. The van der Waals surface area contributed by atoms with Crippen molar-refractivity contribution in [1.82, 2.24) is 0 Å². The fourth-order valence-electron chi connectivity index (χ4n) is 4.61. The Morgan fingerprint density at radius 1 is 0.633 bits per heavy atom. The Kier molecular flexibility index (Phi) is 4.33. The maximum absolute atomic E-state index is 3.95. The maximum atomic E-state index is 3.95. The molecule has 1 heteroatoms. The Morgan fingerprint density at radius 2 is 1.17 bits per heavy atom. The quantitative estimate of drug-likeness (QED) is 0.342. The summed E-state index contributed by atoms with van der Waals surface area (Å²) < 4.78 is 0. The van der Waals surface area contributed by atoms with E-state index in [2.05, 4.69) is 122 Å². The summed E-state index contributed by atoms with van der Waals surface area (Å²) in [5.41, 5.74) is 10.0. The lowest BCUT2D eigenvalue weighted by Crippen LogP contribution is -2.16. The van der Waals surface area contributed by atoms with Gasteiger partial charge in [-0.2, -0.15) is 0 Å². The first-order valence-corrected chi connectivity index (χ1v) is 10.4.